The van der Waals surface area contributed by atoms with Gasteiger partial charge in [0.05, 0.1) is 0 Å². The van der Waals surface area contributed by atoms with E-state index in [4.69, 9.17) is 20.9 Å². The van der Waals surface area contributed by atoms with E-state index < -0.39 is 0 Å². The van der Waals surface area contributed by atoms with Crippen LogP contribution in [0.2, 0.25) is 0 Å². The van der Waals surface area contributed by atoms with Gasteiger partial charge in [-0.2, -0.15) is 0 Å². The lowest BCUT2D eigenvalue weighted by Crippen LogP contribution is -2.15. The van der Waals surface area contributed by atoms with Crippen LogP contribution in [-0.2, 0) is 13.2 Å². The molecule has 6 heteroatoms. The lowest BCUT2D eigenvalue weighted by molar-refractivity contribution is 0.305. The predicted octanol–water partition coefficient (Wildman–Crippen LogP) is 6.23. The van der Waals surface area contributed by atoms with Crippen molar-refractivity contribution in [2.45, 2.75) is 53.0 Å². The first-order valence-electron chi connectivity index (χ1n) is 12.9. The first-order chi connectivity index (χ1) is 18.3. The lowest BCUT2D eigenvalue weighted by atomic mass is 10.1. The molecular formula is C32H36N4O2. The second kappa shape index (κ2) is 12.3. The highest BCUT2D eigenvalue weighted by atomic mass is 16.5. The quantitative estimate of drug-likeness (QED) is 0.196. The van der Waals surface area contributed by atoms with Gasteiger partial charge in [-0.05, 0) is 73.9 Å². The number of benzene rings is 4. The molecule has 6 nitrogen and oxygen atoms in total. The van der Waals surface area contributed by atoms with Crippen LogP contribution in [0.4, 0.5) is 0 Å². The molecule has 196 valence electrons. The van der Waals surface area contributed by atoms with E-state index in [1.165, 1.54) is 0 Å². The minimum atomic E-state index is 0.165. The molecule has 0 atom stereocenters. The van der Waals surface area contributed by atoms with E-state index in [-0.39, 0.29) is 12.1 Å². The zero-order valence-electron chi connectivity index (χ0n) is 22.5. The van der Waals surface area contributed by atoms with Crippen molar-refractivity contribution in [3.63, 3.8) is 0 Å². The van der Waals surface area contributed by atoms with Crippen LogP contribution < -0.4 is 20.9 Å². The van der Waals surface area contributed by atoms with Crippen molar-refractivity contribution in [2.24, 2.45) is 21.5 Å². The van der Waals surface area contributed by atoms with Crippen LogP contribution in [0.15, 0.2) is 94.9 Å². The maximum absolute atomic E-state index is 6.07. The van der Waals surface area contributed by atoms with Crippen LogP contribution >= 0.6 is 0 Å². The van der Waals surface area contributed by atoms with Crippen LogP contribution in [0, 0.1) is 0 Å². The molecule has 4 N–H and O–H groups in total. The molecule has 0 unspecified atom stereocenters. The molecule has 0 radical (unpaired) electrons. The SMILES string of the molecule is CC(C)N=C(N)c1ccc(COc2ccc3ccc(OCc4ccc(C(N)=NC(C)C)cc4)cc3c2)cc1. The monoisotopic (exact) mass is 508 g/mol. The van der Waals surface area contributed by atoms with Gasteiger partial charge in [0.1, 0.15) is 36.4 Å². The summed E-state index contributed by atoms with van der Waals surface area (Å²) in [6, 6.07) is 28.5. The summed E-state index contributed by atoms with van der Waals surface area (Å²) in [5.74, 6) is 2.71. The average molecular weight is 509 g/mol. The molecule has 0 aromatic heterocycles. The summed E-state index contributed by atoms with van der Waals surface area (Å²) >= 11 is 0. The fourth-order valence-corrected chi connectivity index (χ4v) is 3.96. The van der Waals surface area contributed by atoms with Crippen LogP contribution in [0.1, 0.15) is 49.9 Å². The van der Waals surface area contributed by atoms with Crippen molar-refractivity contribution in [3.8, 4) is 11.5 Å². The second-order valence-electron chi connectivity index (χ2n) is 9.86. The third kappa shape index (κ3) is 7.35. The van der Waals surface area contributed by atoms with E-state index in [0.29, 0.717) is 24.9 Å². The molecule has 0 bridgehead atoms. The van der Waals surface area contributed by atoms with Gasteiger partial charge in [0, 0.05) is 23.2 Å². The summed E-state index contributed by atoms with van der Waals surface area (Å²) in [6.07, 6.45) is 0. The number of amidine groups is 2. The first-order valence-corrected chi connectivity index (χ1v) is 12.9. The number of rotatable bonds is 10. The third-order valence-corrected chi connectivity index (χ3v) is 5.89. The molecule has 0 heterocycles. The molecule has 0 fully saturated rings. The van der Waals surface area contributed by atoms with Gasteiger partial charge >= 0.3 is 0 Å². The highest BCUT2D eigenvalue weighted by Crippen LogP contribution is 2.26. The van der Waals surface area contributed by atoms with Gasteiger partial charge in [-0.15, -0.1) is 0 Å². The molecule has 0 saturated carbocycles. The van der Waals surface area contributed by atoms with Gasteiger partial charge < -0.3 is 20.9 Å². The Labute approximate surface area is 225 Å². The fourth-order valence-electron chi connectivity index (χ4n) is 3.96. The average Bonchev–Trinajstić information content (AvgIpc) is 2.90. The maximum atomic E-state index is 6.07. The van der Waals surface area contributed by atoms with Crippen molar-refractivity contribution in [1.29, 1.82) is 0 Å². The van der Waals surface area contributed by atoms with Crippen LogP contribution in [-0.4, -0.2) is 23.8 Å². The molecule has 0 aliphatic rings. The van der Waals surface area contributed by atoms with Crippen molar-refractivity contribution >= 4 is 22.4 Å². The molecule has 0 aliphatic carbocycles. The summed E-state index contributed by atoms with van der Waals surface area (Å²) in [6.45, 7) is 8.96. The van der Waals surface area contributed by atoms with Crippen LogP contribution in [0.25, 0.3) is 10.8 Å². The number of nitrogens with zero attached hydrogens (tertiary/aromatic N) is 2. The number of hydrogen-bond acceptors (Lipinski definition) is 4. The van der Waals surface area contributed by atoms with E-state index in [9.17, 15) is 0 Å². The van der Waals surface area contributed by atoms with Gasteiger partial charge in [-0.3, -0.25) is 9.98 Å². The van der Waals surface area contributed by atoms with Crippen molar-refractivity contribution in [2.75, 3.05) is 0 Å². The van der Waals surface area contributed by atoms with Gasteiger partial charge in [0.25, 0.3) is 0 Å². The predicted molar refractivity (Wildman–Crippen MR) is 157 cm³/mol. The molecular weight excluding hydrogens is 472 g/mol. The zero-order chi connectivity index (χ0) is 27.1. The van der Waals surface area contributed by atoms with Gasteiger partial charge in [-0.1, -0.05) is 60.7 Å². The normalized spacial score (nSPS) is 12.4. The Hall–Kier alpha value is -4.32. The van der Waals surface area contributed by atoms with E-state index in [1.54, 1.807) is 0 Å². The van der Waals surface area contributed by atoms with Crippen LogP contribution in [0.5, 0.6) is 11.5 Å². The Kier molecular flexibility index (Phi) is 8.64. The van der Waals surface area contributed by atoms with E-state index >= 15 is 0 Å². The smallest absolute Gasteiger partial charge is 0.125 e. The summed E-state index contributed by atoms with van der Waals surface area (Å²) in [4.78, 5) is 8.80. The molecule has 0 saturated heterocycles. The van der Waals surface area contributed by atoms with Gasteiger partial charge in [0.2, 0.25) is 0 Å². The second-order valence-corrected chi connectivity index (χ2v) is 9.86. The van der Waals surface area contributed by atoms with Crippen molar-refractivity contribution < 1.29 is 9.47 Å². The minimum Gasteiger partial charge on any atom is -0.489 e. The van der Waals surface area contributed by atoms with Gasteiger partial charge in [-0.25, -0.2) is 0 Å². The summed E-state index contributed by atoms with van der Waals surface area (Å²) in [5.41, 5.74) is 16.1. The number of ether oxygens (including phenoxy) is 2. The Morgan fingerprint density at radius 1 is 0.579 bits per heavy atom. The Morgan fingerprint density at radius 3 is 1.34 bits per heavy atom. The maximum Gasteiger partial charge on any atom is 0.125 e. The van der Waals surface area contributed by atoms with Crippen molar-refractivity contribution in [3.05, 3.63) is 107 Å². The number of nitrogens with two attached hydrogens (primary N) is 2. The summed E-state index contributed by atoms with van der Waals surface area (Å²) in [7, 11) is 0. The van der Waals surface area contributed by atoms with E-state index in [2.05, 4.69) is 22.1 Å². The topological polar surface area (TPSA) is 95.2 Å². The molecule has 4 rings (SSSR count). The molecule has 0 aliphatic heterocycles. The Balaban J connectivity index is 1.37. The lowest BCUT2D eigenvalue weighted by Gasteiger charge is -2.11. The van der Waals surface area contributed by atoms with E-state index in [0.717, 1.165) is 44.5 Å². The number of fused-ring (bicyclic) bond motifs is 1. The molecule has 0 spiro atoms. The largest absolute Gasteiger partial charge is 0.489 e. The molecule has 4 aromatic rings. The zero-order valence-corrected chi connectivity index (χ0v) is 22.5. The highest BCUT2D eigenvalue weighted by Gasteiger charge is 2.05. The minimum absolute atomic E-state index is 0.165. The van der Waals surface area contributed by atoms with Crippen LogP contribution in [0.3, 0.4) is 0 Å². The molecule has 38 heavy (non-hydrogen) atoms. The number of aliphatic imine (C=N–C) groups is 2. The van der Waals surface area contributed by atoms with Gasteiger partial charge in [0.15, 0.2) is 0 Å². The van der Waals surface area contributed by atoms with E-state index in [1.807, 2.05) is 100 Å². The Morgan fingerprint density at radius 2 is 0.974 bits per heavy atom. The third-order valence-electron chi connectivity index (χ3n) is 5.89. The fraction of sp³-hybridized carbons (Fsp3) is 0.250. The summed E-state index contributed by atoms with van der Waals surface area (Å²) < 4.78 is 12.1. The Bertz CT molecular complexity index is 1320. The molecule has 0 amide bonds. The first kappa shape index (κ1) is 26.7. The van der Waals surface area contributed by atoms with Crippen molar-refractivity contribution in [1.82, 2.24) is 0 Å². The standard InChI is InChI=1S/C32H36N4O2/c1-21(2)35-31(33)26-9-5-23(6-10-26)19-37-29-15-13-25-14-16-30(18-28(25)17-29)38-20-24-7-11-27(12-8-24)32(34)36-22(3)4/h5-18,21-22H,19-20H2,1-4H3,(H2,33,35)(H2,34,36). The molecule has 4 aromatic carbocycles. The highest BCUT2D eigenvalue weighted by molar-refractivity contribution is 5.98. The summed E-state index contributed by atoms with van der Waals surface area (Å²) in [5, 5.41) is 2.18. The number of hydrogen-bond donors (Lipinski definition) is 2.